The van der Waals surface area contributed by atoms with Gasteiger partial charge in [0, 0.05) is 18.5 Å². The van der Waals surface area contributed by atoms with Gasteiger partial charge in [0.15, 0.2) is 19.0 Å². The minimum absolute atomic E-state index is 0.0760. The van der Waals surface area contributed by atoms with Gasteiger partial charge in [-0.15, -0.1) is 0 Å². The van der Waals surface area contributed by atoms with Crippen LogP contribution in [0, 0.1) is 13.8 Å². The SMILES string of the molecule is Cc1cc(C)cc(OCC(=O)c2ccc3c(c2)N(CCCC(=O)NC(C)c2ccccc2)C(=O)CO3)c1. The highest BCUT2D eigenvalue weighted by atomic mass is 16.5. The fourth-order valence-corrected chi connectivity index (χ4v) is 4.41. The summed E-state index contributed by atoms with van der Waals surface area (Å²) in [5, 5.41) is 3.00. The molecule has 1 atom stereocenters. The van der Waals surface area contributed by atoms with E-state index in [0.717, 1.165) is 16.7 Å². The molecule has 7 nitrogen and oxygen atoms in total. The lowest BCUT2D eigenvalue weighted by Crippen LogP contribution is -2.40. The van der Waals surface area contributed by atoms with Crippen LogP contribution in [-0.2, 0) is 9.59 Å². The average molecular weight is 501 g/mol. The number of benzene rings is 3. The zero-order valence-electron chi connectivity index (χ0n) is 21.5. The number of carbonyl (C=O) groups is 3. The summed E-state index contributed by atoms with van der Waals surface area (Å²) in [6.07, 6.45) is 0.756. The van der Waals surface area contributed by atoms with Crippen LogP contribution in [-0.4, -0.2) is 37.4 Å². The van der Waals surface area contributed by atoms with Crippen molar-refractivity contribution in [2.24, 2.45) is 0 Å². The molecule has 1 unspecified atom stereocenters. The quantitative estimate of drug-likeness (QED) is 0.398. The molecule has 0 bridgehead atoms. The first kappa shape index (κ1) is 25.9. The van der Waals surface area contributed by atoms with E-state index in [1.807, 2.05) is 69.3 Å². The number of nitrogens with one attached hydrogen (secondary N) is 1. The third kappa shape index (κ3) is 6.76. The topological polar surface area (TPSA) is 84.9 Å². The van der Waals surface area contributed by atoms with Crippen LogP contribution in [0.1, 0.15) is 52.9 Å². The number of amides is 2. The van der Waals surface area contributed by atoms with Crippen molar-refractivity contribution in [3.63, 3.8) is 0 Å². The molecule has 0 saturated carbocycles. The van der Waals surface area contributed by atoms with Gasteiger partial charge in [0.2, 0.25) is 5.91 Å². The van der Waals surface area contributed by atoms with Crippen LogP contribution in [0.4, 0.5) is 5.69 Å². The normalized spacial score (nSPS) is 13.4. The largest absolute Gasteiger partial charge is 0.485 e. The highest BCUT2D eigenvalue weighted by Crippen LogP contribution is 2.33. The van der Waals surface area contributed by atoms with Crippen molar-refractivity contribution < 1.29 is 23.9 Å². The maximum Gasteiger partial charge on any atom is 0.265 e. The first-order chi connectivity index (χ1) is 17.8. The van der Waals surface area contributed by atoms with Gasteiger partial charge in [-0.3, -0.25) is 14.4 Å². The Labute approximate surface area is 217 Å². The molecule has 0 radical (unpaired) electrons. The number of nitrogens with zero attached hydrogens (tertiary/aromatic N) is 1. The summed E-state index contributed by atoms with van der Waals surface area (Å²) in [6.45, 7) is 6.05. The predicted molar refractivity (Wildman–Crippen MR) is 142 cm³/mol. The minimum atomic E-state index is -0.207. The molecule has 1 heterocycles. The Kier molecular flexibility index (Phi) is 8.23. The van der Waals surface area contributed by atoms with Gasteiger partial charge in [-0.1, -0.05) is 36.4 Å². The second kappa shape index (κ2) is 11.7. The van der Waals surface area contributed by atoms with Crippen molar-refractivity contribution in [2.75, 3.05) is 24.7 Å². The van der Waals surface area contributed by atoms with Crippen LogP contribution < -0.4 is 19.7 Å². The number of ether oxygens (including phenoxy) is 2. The van der Waals surface area contributed by atoms with Gasteiger partial charge in [0.1, 0.15) is 11.5 Å². The zero-order chi connectivity index (χ0) is 26.4. The van der Waals surface area contributed by atoms with Crippen molar-refractivity contribution in [2.45, 2.75) is 39.7 Å². The summed E-state index contributed by atoms with van der Waals surface area (Å²) < 4.78 is 11.3. The van der Waals surface area contributed by atoms with Gasteiger partial charge in [-0.2, -0.15) is 0 Å². The summed E-state index contributed by atoms with van der Waals surface area (Å²) in [4.78, 5) is 39.6. The molecule has 1 aliphatic rings. The van der Waals surface area contributed by atoms with Gasteiger partial charge >= 0.3 is 0 Å². The molecule has 192 valence electrons. The Morgan fingerprint density at radius 1 is 1.03 bits per heavy atom. The van der Waals surface area contributed by atoms with Crippen molar-refractivity contribution in [1.29, 1.82) is 0 Å². The highest BCUT2D eigenvalue weighted by Gasteiger charge is 2.26. The highest BCUT2D eigenvalue weighted by molar-refractivity contribution is 6.02. The number of fused-ring (bicyclic) bond motifs is 1. The van der Waals surface area contributed by atoms with Gasteiger partial charge in [0.05, 0.1) is 11.7 Å². The Morgan fingerprint density at radius 3 is 2.49 bits per heavy atom. The van der Waals surface area contributed by atoms with Crippen LogP contribution in [0.3, 0.4) is 0 Å². The molecule has 1 N–H and O–H groups in total. The van der Waals surface area contributed by atoms with Crippen molar-refractivity contribution in [1.82, 2.24) is 5.32 Å². The van der Waals surface area contributed by atoms with Gasteiger partial charge in [0.25, 0.3) is 5.91 Å². The molecule has 0 spiro atoms. The molecule has 3 aromatic rings. The van der Waals surface area contributed by atoms with E-state index < -0.39 is 0 Å². The van der Waals surface area contributed by atoms with Crippen LogP contribution >= 0.6 is 0 Å². The number of anilines is 1. The molecule has 4 rings (SSSR count). The number of aryl methyl sites for hydroxylation is 2. The van der Waals surface area contributed by atoms with Crippen molar-refractivity contribution >= 4 is 23.3 Å². The third-order valence-corrected chi connectivity index (χ3v) is 6.25. The Hall–Kier alpha value is -4.13. The molecular formula is C30H32N2O5. The van der Waals surface area contributed by atoms with Crippen LogP contribution in [0.15, 0.2) is 66.7 Å². The third-order valence-electron chi connectivity index (χ3n) is 6.25. The summed E-state index contributed by atoms with van der Waals surface area (Å²) in [5.41, 5.74) is 4.12. The summed E-state index contributed by atoms with van der Waals surface area (Å²) in [7, 11) is 0. The number of rotatable bonds is 10. The van der Waals surface area contributed by atoms with E-state index in [4.69, 9.17) is 9.47 Å². The van der Waals surface area contributed by atoms with E-state index >= 15 is 0 Å². The molecule has 1 aliphatic heterocycles. The predicted octanol–water partition coefficient (Wildman–Crippen LogP) is 4.95. The lowest BCUT2D eigenvalue weighted by Gasteiger charge is -2.29. The first-order valence-electron chi connectivity index (χ1n) is 12.5. The second-order valence-electron chi connectivity index (χ2n) is 9.36. The molecular weight excluding hydrogens is 468 g/mol. The summed E-state index contributed by atoms with van der Waals surface area (Å²) in [6, 6.07) is 20.5. The molecule has 0 aromatic heterocycles. The molecule has 37 heavy (non-hydrogen) atoms. The van der Waals surface area contributed by atoms with Crippen LogP contribution in [0.5, 0.6) is 11.5 Å². The molecule has 0 saturated heterocycles. The van der Waals surface area contributed by atoms with Crippen molar-refractivity contribution in [3.05, 3.63) is 89.0 Å². The maximum atomic E-state index is 12.9. The average Bonchev–Trinajstić information content (AvgIpc) is 2.88. The number of hydrogen-bond donors (Lipinski definition) is 1. The van der Waals surface area contributed by atoms with E-state index in [-0.39, 0.29) is 43.3 Å². The van der Waals surface area contributed by atoms with Gasteiger partial charge in [-0.05, 0) is 74.2 Å². The minimum Gasteiger partial charge on any atom is -0.485 e. The van der Waals surface area contributed by atoms with E-state index in [2.05, 4.69) is 5.32 Å². The fraction of sp³-hybridized carbons (Fsp3) is 0.300. The van der Waals surface area contributed by atoms with E-state index in [1.54, 1.807) is 23.1 Å². The van der Waals surface area contributed by atoms with Crippen LogP contribution in [0.25, 0.3) is 0 Å². The maximum absolute atomic E-state index is 12.9. The summed E-state index contributed by atoms with van der Waals surface area (Å²) in [5.74, 6) is 0.693. The number of ketones is 1. The van der Waals surface area contributed by atoms with E-state index in [1.165, 1.54) is 0 Å². The lowest BCUT2D eigenvalue weighted by molar-refractivity contribution is -0.123. The number of carbonyl (C=O) groups excluding carboxylic acids is 3. The monoisotopic (exact) mass is 500 g/mol. The van der Waals surface area contributed by atoms with Crippen molar-refractivity contribution in [3.8, 4) is 11.5 Å². The molecule has 0 fully saturated rings. The number of hydrogen-bond acceptors (Lipinski definition) is 5. The van der Waals surface area contributed by atoms with Gasteiger partial charge < -0.3 is 19.7 Å². The lowest BCUT2D eigenvalue weighted by atomic mass is 10.1. The second-order valence-corrected chi connectivity index (χ2v) is 9.36. The van der Waals surface area contributed by atoms with E-state index in [0.29, 0.717) is 35.7 Å². The first-order valence-corrected chi connectivity index (χ1v) is 12.5. The molecule has 7 heteroatoms. The fourth-order valence-electron chi connectivity index (χ4n) is 4.41. The summed E-state index contributed by atoms with van der Waals surface area (Å²) >= 11 is 0. The Balaban J connectivity index is 1.36. The standard InChI is InChI=1S/C30H32N2O5/c1-20-14-21(2)16-25(15-20)36-18-27(33)24-11-12-28-26(17-24)32(30(35)19-37-28)13-7-10-29(34)31-22(3)23-8-5-4-6-9-23/h4-6,8-9,11-12,14-17,22H,7,10,13,18-19H2,1-3H3,(H,31,34). The smallest absolute Gasteiger partial charge is 0.265 e. The van der Waals surface area contributed by atoms with Gasteiger partial charge in [-0.25, -0.2) is 0 Å². The van der Waals surface area contributed by atoms with Crippen LogP contribution in [0.2, 0.25) is 0 Å². The van der Waals surface area contributed by atoms with E-state index in [9.17, 15) is 14.4 Å². The Morgan fingerprint density at radius 2 is 1.76 bits per heavy atom. The number of Topliss-reactive ketones (excluding diaryl/α,β-unsaturated/α-hetero) is 1. The Bertz CT molecular complexity index is 1270. The molecule has 3 aromatic carbocycles. The molecule has 0 aliphatic carbocycles. The molecule has 2 amide bonds. The zero-order valence-corrected chi connectivity index (χ0v) is 21.5.